The summed E-state index contributed by atoms with van der Waals surface area (Å²) in [4.78, 5) is 0. The summed E-state index contributed by atoms with van der Waals surface area (Å²) in [6, 6.07) is 7.18. The first-order valence-electron chi connectivity index (χ1n) is 6.01. The highest BCUT2D eigenvalue weighted by Crippen LogP contribution is 2.33. The number of hydrogen-bond acceptors (Lipinski definition) is 3. The zero-order chi connectivity index (χ0) is 14.7. The van der Waals surface area contributed by atoms with Gasteiger partial charge in [-0.15, -0.1) is 0 Å². The number of methoxy groups -OCH3 is 2. The average Bonchev–Trinajstić information content (AvgIpc) is 2.46. The fourth-order valence-corrected chi connectivity index (χ4v) is 2.03. The van der Waals surface area contributed by atoms with Crippen LogP contribution in [-0.4, -0.2) is 14.2 Å². The largest absolute Gasteiger partial charge is 0.497 e. The highest BCUT2D eigenvalue weighted by atomic mass is 19.1. The molecule has 2 aromatic rings. The highest BCUT2D eigenvalue weighted by molar-refractivity contribution is 5.70. The van der Waals surface area contributed by atoms with Crippen molar-refractivity contribution in [3.63, 3.8) is 0 Å². The number of benzene rings is 2. The molecule has 0 aliphatic carbocycles. The summed E-state index contributed by atoms with van der Waals surface area (Å²) in [5.74, 6) is -0.668. The zero-order valence-electron chi connectivity index (χ0n) is 11.2. The molecule has 0 amide bonds. The van der Waals surface area contributed by atoms with E-state index in [4.69, 9.17) is 15.2 Å². The number of rotatable bonds is 4. The van der Waals surface area contributed by atoms with Gasteiger partial charge in [0, 0.05) is 18.7 Å². The minimum Gasteiger partial charge on any atom is -0.497 e. The lowest BCUT2D eigenvalue weighted by Gasteiger charge is -2.13. The first kappa shape index (κ1) is 14.3. The number of nitrogens with two attached hydrogens (primary N) is 1. The topological polar surface area (TPSA) is 44.5 Å². The van der Waals surface area contributed by atoms with Crippen molar-refractivity contribution in [1.29, 1.82) is 0 Å². The molecule has 2 N–H and O–H groups in total. The molecule has 0 aromatic heterocycles. The Hall–Kier alpha value is -2.14. The van der Waals surface area contributed by atoms with Gasteiger partial charge < -0.3 is 15.2 Å². The summed E-state index contributed by atoms with van der Waals surface area (Å²) in [5, 5.41) is 0. The molecule has 0 saturated heterocycles. The van der Waals surface area contributed by atoms with Gasteiger partial charge in [-0.1, -0.05) is 6.07 Å². The van der Waals surface area contributed by atoms with E-state index < -0.39 is 11.6 Å². The summed E-state index contributed by atoms with van der Waals surface area (Å²) in [7, 11) is 2.87. The van der Waals surface area contributed by atoms with Crippen LogP contribution in [0.2, 0.25) is 0 Å². The highest BCUT2D eigenvalue weighted by Gasteiger charge is 2.16. The van der Waals surface area contributed by atoms with Gasteiger partial charge in [-0.2, -0.15) is 0 Å². The molecular formula is C15H15F2NO2. The van der Waals surface area contributed by atoms with Crippen molar-refractivity contribution in [3.8, 4) is 22.6 Å². The third-order valence-electron chi connectivity index (χ3n) is 3.05. The van der Waals surface area contributed by atoms with E-state index >= 15 is 0 Å². The summed E-state index contributed by atoms with van der Waals surface area (Å²) >= 11 is 0. The normalized spacial score (nSPS) is 10.4. The van der Waals surface area contributed by atoms with E-state index in [1.54, 1.807) is 18.2 Å². The Labute approximate surface area is 115 Å². The van der Waals surface area contributed by atoms with Gasteiger partial charge in [0.15, 0.2) is 0 Å². The van der Waals surface area contributed by atoms with Crippen molar-refractivity contribution in [3.05, 3.63) is 47.5 Å². The van der Waals surface area contributed by atoms with Gasteiger partial charge in [0.1, 0.15) is 23.1 Å². The molecule has 20 heavy (non-hydrogen) atoms. The van der Waals surface area contributed by atoms with Crippen LogP contribution in [0.1, 0.15) is 5.56 Å². The van der Waals surface area contributed by atoms with E-state index in [1.165, 1.54) is 14.2 Å². The van der Waals surface area contributed by atoms with Crippen molar-refractivity contribution >= 4 is 0 Å². The summed E-state index contributed by atoms with van der Waals surface area (Å²) in [6.07, 6.45) is 0. The molecule has 5 heteroatoms. The van der Waals surface area contributed by atoms with Gasteiger partial charge in [-0.3, -0.25) is 0 Å². The van der Waals surface area contributed by atoms with Gasteiger partial charge in [0.05, 0.1) is 19.8 Å². The Morgan fingerprint density at radius 3 is 2.05 bits per heavy atom. The first-order chi connectivity index (χ1) is 9.60. The van der Waals surface area contributed by atoms with Crippen molar-refractivity contribution in [2.24, 2.45) is 5.73 Å². The van der Waals surface area contributed by atoms with Crippen LogP contribution in [-0.2, 0) is 6.54 Å². The van der Waals surface area contributed by atoms with Crippen LogP contribution >= 0.6 is 0 Å². The maximum absolute atomic E-state index is 14.1. The zero-order valence-corrected chi connectivity index (χ0v) is 11.2. The Morgan fingerprint density at radius 2 is 1.55 bits per heavy atom. The molecule has 0 fully saturated rings. The van der Waals surface area contributed by atoms with Crippen LogP contribution in [0.15, 0.2) is 30.3 Å². The van der Waals surface area contributed by atoms with Crippen LogP contribution in [0.3, 0.4) is 0 Å². The molecule has 0 heterocycles. The van der Waals surface area contributed by atoms with Gasteiger partial charge in [0.2, 0.25) is 0 Å². The molecule has 0 aliphatic rings. The van der Waals surface area contributed by atoms with Crippen LogP contribution in [0.5, 0.6) is 11.5 Å². The van der Waals surface area contributed by atoms with Crippen molar-refractivity contribution in [1.82, 2.24) is 0 Å². The van der Waals surface area contributed by atoms with E-state index in [9.17, 15) is 8.78 Å². The predicted molar refractivity (Wildman–Crippen MR) is 72.8 cm³/mol. The standard InChI is InChI=1S/C15H15F2NO2/c1-19-10-3-4-12(9(5-10)8-18)15-13(16)6-11(20-2)7-14(15)17/h3-7H,8,18H2,1-2H3. The van der Waals surface area contributed by atoms with Crippen molar-refractivity contribution in [2.45, 2.75) is 6.54 Å². The molecule has 0 unspecified atom stereocenters. The number of halogens is 2. The first-order valence-corrected chi connectivity index (χ1v) is 6.01. The lowest BCUT2D eigenvalue weighted by Crippen LogP contribution is -2.02. The molecule has 106 valence electrons. The lowest BCUT2D eigenvalue weighted by molar-refractivity contribution is 0.407. The predicted octanol–water partition coefficient (Wildman–Crippen LogP) is 3.11. The Bertz CT molecular complexity index is 606. The molecule has 2 aromatic carbocycles. The Morgan fingerprint density at radius 1 is 0.950 bits per heavy atom. The molecule has 0 bridgehead atoms. The summed E-state index contributed by atoms with van der Waals surface area (Å²) in [6.45, 7) is 0.150. The SMILES string of the molecule is COc1cc(F)c(-c2ccc(OC)cc2CN)c(F)c1. The monoisotopic (exact) mass is 279 g/mol. The minimum absolute atomic E-state index is 0.117. The Balaban J connectivity index is 2.62. The number of ether oxygens (including phenoxy) is 2. The molecule has 0 spiro atoms. The van der Waals surface area contributed by atoms with Gasteiger partial charge in [-0.25, -0.2) is 8.78 Å². The van der Waals surface area contributed by atoms with Gasteiger partial charge in [-0.05, 0) is 23.3 Å². The van der Waals surface area contributed by atoms with E-state index in [-0.39, 0.29) is 17.9 Å². The van der Waals surface area contributed by atoms with Crippen molar-refractivity contribution in [2.75, 3.05) is 14.2 Å². The van der Waals surface area contributed by atoms with Crippen molar-refractivity contribution < 1.29 is 18.3 Å². The molecule has 0 saturated carbocycles. The molecule has 0 radical (unpaired) electrons. The van der Waals surface area contributed by atoms with E-state index in [2.05, 4.69) is 0 Å². The molecule has 2 rings (SSSR count). The number of hydrogen-bond donors (Lipinski definition) is 1. The lowest BCUT2D eigenvalue weighted by atomic mass is 9.98. The van der Waals surface area contributed by atoms with Crippen LogP contribution in [0.4, 0.5) is 8.78 Å². The summed E-state index contributed by atoms with van der Waals surface area (Å²) in [5.41, 5.74) is 6.54. The van der Waals surface area contributed by atoms with E-state index in [1.807, 2.05) is 0 Å². The Kier molecular flexibility index (Phi) is 4.20. The van der Waals surface area contributed by atoms with Gasteiger partial charge in [0.25, 0.3) is 0 Å². The van der Waals surface area contributed by atoms with Crippen LogP contribution < -0.4 is 15.2 Å². The second-order valence-electron chi connectivity index (χ2n) is 4.19. The smallest absolute Gasteiger partial charge is 0.137 e. The van der Waals surface area contributed by atoms with Crippen LogP contribution in [0, 0.1) is 11.6 Å². The average molecular weight is 279 g/mol. The second-order valence-corrected chi connectivity index (χ2v) is 4.19. The fourth-order valence-electron chi connectivity index (χ4n) is 2.03. The van der Waals surface area contributed by atoms with Gasteiger partial charge >= 0.3 is 0 Å². The third kappa shape index (κ3) is 2.58. The quantitative estimate of drug-likeness (QED) is 0.935. The minimum atomic E-state index is -0.693. The second kappa shape index (κ2) is 5.88. The van der Waals surface area contributed by atoms with Crippen LogP contribution in [0.25, 0.3) is 11.1 Å². The third-order valence-corrected chi connectivity index (χ3v) is 3.05. The molecule has 0 atom stereocenters. The molecular weight excluding hydrogens is 264 g/mol. The van der Waals surface area contributed by atoms with E-state index in [0.717, 1.165) is 12.1 Å². The maximum Gasteiger partial charge on any atom is 0.137 e. The van der Waals surface area contributed by atoms with E-state index in [0.29, 0.717) is 16.9 Å². The molecule has 3 nitrogen and oxygen atoms in total. The maximum atomic E-state index is 14.1. The summed E-state index contributed by atoms with van der Waals surface area (Å²) < 4.78 is 38.1. The fraction of sp³-hybridized carbons (Fsp3) is 0.200. The molecule has 0 aliphatic heterocycles.